The van der Waals surface area contributed by atoms with Crippen LogP contribution in [0.2, 0.25) is 0 Å². The van der Waals surface area contributed by atoms with Gasteiger partial charge in [-0.25, -0.2) is 0 Å². The molecule has 0 atom stereocenters. The molecule has 0 aliphatic rings. The molecule has 1 N–H and O–H groups in total. The van der Waals surface area contributed by atoms with Crippen LogP contribution >= 0.6 is 11.8 Å². The van der Waals surface area contributed by atoms with E-state index in [9.17, 15) is 4.79 Å². The maximum atomic E-state index is 10.3. The quantitative estimate of drug-likeness (QED) is 0.799. The number of thioether (sulfide) groups is 1. The van der Waals surface area contributed by atoms with Crippen molar-refractivity contribution in [2.75, 3.05) is 5.75 Å². The van der Waals surface area contributed by atoms with Crippen molar-refractivity contribution >= 4 is 17.7 Å². The van der Waals surface area contributed by atoms with Gasteiger partial charge in [-0.3, -0.25) is 4.79 Å². The van der Waals surface area contributed by atoms with Gasteiger partial charge in [0.25, 0.3) is 0 Å². The summed E-state index contributed by atoms with van der Waals surface area (Å²) in [5, 5.41) is 12.2. The SMILES string of the molecule is CC(C)CSCc1noc(CC(=O)O)n1. The van der Waals surface area contributed by atoms with Crippen molar-refractivity contribution in [2.24, 2.45) is 5.92 Å². The maximum Gasteiger partial charge on any atom is 0.312 e. The lowest BCUT2D eigenvalue weighted by atomic mass is 10.3. The zero-order valence-electron chi connectivity index (χ0n) is 8.77. The number of hydrogen-bond donors (Lipinski definition) is 1. The van der Waals surface area contributed by atoms with E-state index in [1.807, 2.05) is 0 Å². The van der Waals surface area contributed by atoms with Gasteiger partial charge >= 0.3 is 5.97 Å². The van der Waals surface area contributed by atoms with Crippen LogP contribution in [0.15, 0.2) is 4.52 Å². The van der Waals surface area contributed by atoms with Gasteiger partial charge in [0.15, 0.2) is 5.82 Å². The molecule has 0 spiro atoms. The third kappa shape index (κ3) is 4.83. The minimum absolute atomic E-state index is 0.169. The standard InChI is InChI=1S/C9H14N2O3S/c1-6(2)4-15-5-7-10-8(14-11-7)3-9(12)13/h6H,3-5H2,1-2H3,(H,12,13). The molecule has 0 saturated heterocycles. The molecule has 15 heavy (non-hydrogen) atoms. The third-order valence-electron chi connectivity index (χ3n) is 1.49. The zero-order chi connectivity index (χ0) is 11.3. The van der Waals surface area contributed by atoms with E-state index in [4.69, 9.17) is 9.63 Å². The van der Waals surface area contributed by atoms with E-state index in [1.165, 1.54) is 0 Å². The molecule has 1 rings (SSSR count). The second kappa shape index (κ2) is 5.75. The molecule has 0 amide bonds. The van der Waals surface area contributed by atoms with Gasteiger partial charge in [0.1, 0.15) is 6.42 Å². The summed E-state index contributed by atoms with van der Waals surface area (Å²) in [6.07, 6.45) is -0.207. The van der Waals surface area contributed by atoms with Crippen molar-refractivity contribution in [1.29, 1.82) is 0 Å². The number of aliphatic carboxylic acids is 1. The predicted molar refractivity (Wildman–Crippen MR) is 56.6 cm³/mol. The summed E-state index contributed by atoms with van der Waals surface area (Å²) in [4.78, 5) is 14.3. The van der Waals surface area contributed by atoms with Crippen molar-refractivity contribution in [3.8, 4) is 0 Å². The largest absolute Gasteiger partial charge is 0.481 e. The molecular weight excluding hydrogens is 216 g/mol. The van der Waals surface area contributed by atoms with E-state index < -0.39 is 5.97 Å². The molecule has 0 aliphatic carbocycles. The Morgan fingerprint density at radius 1 is 1.60 bits per heavy atom. The fraction of sp³-hybridized carbons (Fsp3) is 0.667. The summed E-state index contributed by atoms with van der Waals surface area (Å²) >= 11 is 1.71. The van der Waals surface area contributed by atoms with Crippen LogP contribution in [-0.2, 0) is 17.0 Å². The molecule has 84 valence electrons. The van der Waals surface area contributed by atoms with Crippen molar-refractivity contribution in [3.05, 3.63) is 11.7 Å². The minimum atomic E-state index is -0.958. The van der Waals surface area contributed by atoms with Crippen LogP contribution in [0.5, 0.6) is 0 Å². The van der Waals surface area contributed by atoms with E-state index in [0.29, 0.717) is 17.5 Å². The molecule has 5 nitrogen and oxygen atoms in total. The highest BCUT2D eigenvalue weighted by Gasteiger charge is 2.09. The highest BCUT2D eigenvalue weighted by molar-refractivity contribution is 7.98. The van der Waals surface area contributed by atoms with Crippen LogP contribution in [-0.4, -0.2) is 27.0 Å². The Labute approximate surface area is 92.2 Å². The van der Waals surface area contributed by atoms with Gasteiger partial charge in [0.2, 0.25) is 5.89 Å². The Morgan fingerprint density at radius 2 is 2.33 bits per heavy atom. The Kier molecular flexibility index (Phi) is 4.61. The number of carbonyl (C=O) groups is 1. The van der Waals surface area contributed by atoms with Crippen molar-refractivity contribution in [1.82, 2.24) is 10.1 Å². The summed E-state index contributed by atoms with van der Waals surface area (Å²) in [5.74, 6) is 2.10. The van der Waals surface area contributed by atoms with Gasteiger partial charge in [-0.15, -0.1) is 0 Å². The molecule has 0 saturated carbocycles. The van der Waals surface area contributed by atoms with Crippen LogP contribution in [0.1, 0.15) is 25.6 Å². The molecule has 0 radical (unpaired) electrons. The highest BCUT2D eigenvalue weighted by Crippen LogP contribution is 2.13. The minimum Gasteiger partial charge on any atom is -0.481 e. The molecular formula is C9H14N2O3S. The number of hydrogen-bond acceptors (Lipinski definition) is 5. The molecule has 1 aromatic rings. The first kappa shape index (κ1) is 12.0. The summed E-state index contributed by atoms with van der Waals surface area (Å²) in [7, 11) is 0. The van der Waals surface area contributed by atoms with Crippen LogP contribution in [0.25, 0.3) is 0 Å². The highest BCUT2D eigenvalue weighted by atomic mass is 32.2. The summed E-state index contributed by atoms with van der Waals surface area (Å²) < 4.78 is 4.78. The lowest BCUT2D eigenvalue weighted by Gasteiger charge is -2.00. The average molecular weight is 230 g/mol. The topological polar surface area (TPSA) is 76.2 Å². The summed E-state index contributed by atoms with van der Waals surface area (Å²) in [6, 6.07) is 0. The first-order valence-electron chi connectivity index (χ1n) is 4.69. The van der Waals surface area contributed by atoms with E-state index in [0.717, 1.165) is 5.75 Å². The van der Waals surface area contributed by atoms with E-state index in [2.05, 4.69) is 24.0 Å². The predicted octanol–water partition coefficient (Wildman–Crippen LogP) is 1.59. The molecule has 0 aliphatic heterocycles. The number of carboxylic acid groups (broad SMARTS) is 1. The smallest absolute Gasteiger partial charge is 0.312 e. The van der Waals surface area contributed by atoms with E-state index >= 15 is 0 Å². The van der Waals surface area contributed by atoms with Crippen molar-refractivity contribution in [3.63, 3.8) is 0 Å². The number of rotatable bonds is 6. The Bertz CT molecular complexity index is 325. The third-order valence-corrected chi connectivity index (χ3v) is 2.86. The second-order valence-electron chi connectivity index (χ2n) is 3.58. The molecule has 0 bridgehead atoms. The first-order chi connectivity index (χ1) is 7.08. The maximum absolute atomic E-state index is 10.3. The second-order valence-corrected chi connectivity index (χ2v) is 4.61. The van der Waals surface area contributed by atoms with Crippen molar-refractivity contribution in [2.45, 2.75) is 26.0 Å². The van der Waals surface area contributed by atoms with Gasteiger partial charge in [0.05, 0.1) is 5.75 Å². The van der Waals surface area contributed by atoms with Gasteiger partial charge in [0, 0.05) is 0 Å². The van der Waals surface area contributed by atoms with Gasteiger partial charge < -0.3 is 9.63 Å². The van der Waals surface area contributed by atoms with Gasteiger partial charge in [-0.1, -0.05) is 19.0 Å². The average Bonchev–Trinajstić information content (AvgIpc) is 2.50. The molecule has 6 heteroatoms. The van der Waals surface area contributed by atoms with Crippen LogP contribution < -0.4 is 0 Å². The van der Waals surface area contributed by atoms with Gasteiger partial charge in [-0.2, -0.15) is 16.7 Å². The number of nitrogens with zero attached hydrogens (tertiary/aromatic N) is 2. The molecule has 0 unspecified atom stereocenters. The molecule has 1 heterocycles. The number of aromatic nitrogens is 2. The van der Waals surface area contributed by atoms with Gasteiger partial charge in [-0.05, 0) is 11.7 Å². The van der Waals surface area contributed by atoms with Crippen LogP contribution in [0.4, 0.5) is 0 Å². The van der Waals surface area contributed by atoms with E-state index in [1.54, 1.807) is 11.8 Å². The zero-order valence-corrected chi connectivity index (χ0v) is 9.58. The molecule has 0 aromatic carbocycles. The monoisotopic (exact) mass is 230 g/mol. The van der Waals surface area contributed by atoms with Crippen LogP contribution in [0, 0.1) is 5.92 Å². The summed E-state index contributed by atoms with van der Waals surface area (Å²) in [5.41, 5.74) is 0. The lowest BCUT2D eigenvalue weighted by Crippen LogP contribution is -2.00. The summed E-state index contributed by atoms with van der Waals surface area (Å²) in [6.45, 7) is 4.28. The Balaban J connectivity index is 2.36. The normalized spacial score (nSPS) is 10.9. The molecule has 1 aromatic heterocycles. The van der Waals surface area contributed by atoms with Crippen molar-refractivity contribution < 1.29 is 14.4 Å². The molecule has 0 fully saturated rings. The lowest BCUT2D eigenvalue weighted by molar-refractivity contribution is -0.136. The van der Waals surface area contributed by atoms with Crippen LogP contribution in [0.3, 0.4) is 0 Å². The fourth-order valence-electron chi connectivity index (χ4n) is 0.936. The number of carboxylic acids is 1. The van der Waals surface area contributed by atoms with E-state index in [-0.39, 0.29) is 12.3 Å². The first-order valence-corrected chi connectivity index (χ1v) is 5.84. The Hall–Kier alpha value is -1.04. The fourth-order valence-corrected chi connectivity index (χ4v) is 1.82. The Morgan fingerprint density at radius 3 is 2.93 bits per heavy atom.